The molecule has 4 rings (SSSR count). The number of ether oxygens (including phenoxy) is 1. The summed E-state index contributed by atoms with van der Waals surface area (Å²) in [7, 11) is -0.466. The summed E-state index contributed by atoms with van der Waals surface area (Å²) in [5.74, 6) is 0.670. The quantitative estimate of drug-likeness (QED) is 0.546. The molecule has 0 spiro atoms. The normalized spacial score (nSPS) is 25.3. The van der Waals surface area contributed by atoms with Crippen LogP contribution in [0.5, 0.6) is 11.6 Å². The van der Waals surface area contributed by atoms with E-state index >= 15 is 4.39 Å². The van der Waals surface area contributed by atoms with Crippen LogP contribution in [-0.4, -0.2) is 32.1 Å². The lowest BCUT2D eigenvalue weighted by Gasteiger charge is -2.36. The molecular formula is C23H31FN2O3Si. The summed E-state index contributed by atoms with van der Waals surface area (Å²) >= 11 is 0. The number of pyridine rings is 1. The molecule has 0 bridgehead atoms. The second-order valence-corrected chi connectivity index (χ2v) is 14.7. The standard InChI is InChI=1S/C23H31FN2O3Si/c1-22(2,3)30(5,6)29-16-7-8-17(18(24)12-16)23-15(13-27)11-14-9-10-25-21(28-4)19(14)20(23)26-23/h7-10,12,15,20,26-27H,11,13H2,1-6H3/t15-,20-,23-/m0/s1. The summed E-state index contributed by atoms with van der Waals surface area (Å²) in [6.45, 7) is 10.7. The minimum absolute atomic E-state index is 0.0304. The number of hydrogen-bond acceptors (Lipinski definition) is 5. The highest BCUT2D eigenvalue weighted by Gasteiger charge is 2.64. The fraction of sp³-hybridized carbons (Fsp3) is 0.522. The van der Waals surface area contributed by atoms with Crippen LogP contribution < -0.4 is 14.5 Å². The lowest BCUT2D eigenvalue weighted by atomic mass is 9.72. The molecule has 0 radical (unpaired) electrons. The summed E-state index contributed by atoms with van der Waals surface area (Å²) < 4.78 is 27.2. The van der Waals surface area contributed by atoms with Crippen molar-refractivity contribution in [3.8, 4) is 11.6 Å². The number of aliphatic hydroxyl groups excluding tert-OH is 1. The van der Waals surface area contributed by atoms with Gasteiger partial charge in [-0.3, -0.25) is 5.32 Å². The number of nitrogens with zero attached hydrogens (tertiary/aromatic N) is 1. The predicted octanol–water partition coefficient (Wildman–Crippen LogP) is 4.32. The van der Waals surface area contributed by atoms with Gasteiger partial charge in [0.2, 0.25) is 14.2 Å². The minimum atomic E-state index is -2.06. The SMILES string of the molecule is COc1nccc2c1[C@@H]1N[C@]1(c1ccc(O[Si](C)(C)C(C)(C)C)cc1F)[C@H](CO)C2. The summed E-state index contributed by atoms with van der Waals surface area (Å²) in [5, 5.41) is 13.6. The van der Waals surface area contributed by atoms with Crippen molar-refractivity contribution >= 4 is 8.32 Å². The molecule has 7 heteroatoms. The van der Waals surface area contributed by atoms with E-state index in [-0.39, 0.29) is 29.4 Å². The molecule has 1 saturated heterocycles. The van der Waals surface area contributed by atoms with E-state index in [1.54, 1.807) is 19.4 Å². The predicted molar refractivity (Wildman–Crippen MR) is 117 cm³/mol. The van der Waals surface area contributed by atoms with Crippen LogP contribution in [0.25, 0.3) is 0 Å². The van der Waals surface area contributed by atoms with Gasteiger partial charge in [0.1, 0.15) is 11.6 Å². The van der Waals surface area contributed by atoms with Crippen LogP contribution in [0.15, 0.2) is 30.5 Å². The number of nitrogens with one attached hydrogen (secondary N) is 1. The molecule has 3 atom stereocenters. The highest BCUT2D eigenvalue weighted by Crippen LogP contribution is 2.60. The molecule has 5 nitrogen and oxygen atoms in total. The average molecular weight is 431 g/mol. The van der Waals surface area contributed by atoms with Crippen molar-refractivity contribution in [3.63, 3.8) is 0 Å². The number of aromatic nitrogens is 1. The Labute approximate surface area is 178 Å². The first-order valence-electron chi connectivity index (χ1n) is 10.4. The van der Waals surface area contributed by atoms with Crippen molar-refractivity contribution in [2.75, 3.05) is 13.7 Å². The van der Waals surface area contributed by atoms with Gasteiger partial charge in [0, 0.05) is 35.9 Å². The van der Waals surface area contributed by atoms with Crippen molar-refractivity contribution in [2.24, 2.45) is 5.92 Å². The van der Waals surface area contributed by atoms with Gasteiger partial charge < -0.3 is 14.3 Å². The van der Waals surface area contributed by atoms with E-state index in [9.17, 15) is 5.11 Å². The van der Waals surface area contributed by atoms with Gasteiger partial charge in [-0.2, -0.15) is 0 Å². The first-order chi connectivity index (χ1) is 14.0. The molecule has 2 heterocycles. The van der Waals surface area contributed by atoms with Crippen molar-refractivity contribution in [1.29, 1.82) is 0 Å². The van der Waals surface area contributed by atoms with E-state index in [1.165, 1.54) is 6.07 Å². The second kappa shape index (κ2) is 7.04. The Morgan fingerprint density at radius 3 is 2.63 bits per heavy atom. The summed E-state index contributed by atoms with van der Waals surface area (Å²) in [4.78, 5) is 4.33. The fourth-order valence-corrected chi connectivity index (χ4v) is 5.44. The Balaban J connectivity index is 1.71. The maximum absolute atomic E-state index is 15.4. The maximum atomic E-state index is 15.4. The second-order valence-electron chi connectivity index (χ2n) is 9.93. The van der Waals surface area contributed by atoms with Gasteiger partial charge in [0.25, 0.3) is 0 Å². The molecular weight excluding hydrogens is 399 g/mol. The largest absolute Gasteiger partial charge is 0.543 e. The zero-order chi connectivity index (χ0) is 21.9. The molecule has 1 aliphatic carbocycles. The lowest BCUT2D eigenvalue weighted by molar-refractivity contribution is 0.181. The summed E-state index contributed by atoms with van der Waals surface area (Å²) in [5.41, 5.74) is 1.96. The minimum Gasteiger partial charge on any atom is -0.543 e. The Kier molecular flexibility index (Phi) is 4.99. The van der Waals surface area contributed by atoms with Crippen LogP contribution in [0.1, 0.15) is 43.5 Å². The van der Waals surface area contributed by atoms with Gasteiger partial charge in [-0.1, -0.05) is 26.8 Å². The summed E-state index contributed by atoms with van der Waals surface area (Å²) in [6, 6.07) is 6.98. The molecule has 2 aromatic rings. The molecule has 0 amide bonds. The van der Waals surface area contributed by atoms with Crippen LogP contribution >= 0.6 is 0 Å². The van der Waals surface area contributed by atoms with E-state index in [0.717, 1.165) is 11.1 Å². The molecule has 1 fully saturated rings. The van der Waals surface area contributed by atoms with E-state index in [1.807, 2.05) is 12.1 Å². The highest BCUT2D eigenvalue weighted by atomic mass is 28.4. The number of hydrogen-bond donors (Lipinski definition) is 2. The number of aliphatic hydroxyl groups is 1. The van der Waals surface area contributed by atoms with Crippen molar-refractivity contribution in [1.82, 2.24) is 10.3 Å². The maximum Gasteiger partial charge on any atom is 0.250 e. The number of methoxy groups -OCH3 is 1. The van der Waals surface area contributed by atoms with Gasteiger partial charge in [0.05, 0.1) is 18.7 Å². The monoisotopic (exact) mass is 430 g/mol. The third-order valence-corrected chi connectivity index (χ3v) is 11.5. The Hall–Kier alpha value is -1.96. The van der Waals surface area contributed by atoms with Gasteiger partial charge in [-0.25, -0.2) is 9.37 Å². The van der Waals surface area contributed by atoms with Gasteiger partial charge >= 0.3 is 0 Å². The average Bonchev–Trinajstić information content (AvgIpc) is 3.42. The molecule has 0 unspecified atom stereocenters. The zero-order valence-corrected chi connectivity index (χ0v) is 19.5. The van der Waals surface area contributed by atoms with E-state index in [0.29, 0.717) is 23.6 Å². The molecule has 30 heavy (non-hydrogen) atoms. The zero-order valence-electron chi connectivity index (χ0n) is 18.5. The van der Waals surface area contributed by atoms with E-state index in [4.69, 9.17) is 9.16 Å². The Bertz CT molecular complexity index is 975. The van der Waals surface area contributed by atoms with E-state index in [2.05, 4.69) is 44.2 Å². The topological polar surface area (TPSA) is 73.5 Å². The third kappa shape index (κ3) is 3.15. The van der Waals surface area contributed by atoms with Crippen molar-refractivity contribution in [2.45, 2.75) is 56.9 Å². The number of fused-ring (bicyclic) bond motifs is 3. The first kappa shape index (κ1) is 21.3. The van der Waals surface area contributed by atoms with Crippen molar-refractivity contribution < 1.29 is 18.7 Å². The third-order valence-electron chi connectivity index (χ3n) is 7.18. The molecule has 2 aliphatic rings. The number of benzene rings is 1. The van der Waals surface area contributed by atoms with Crippen molar-refractivity contribution in [3.05, 3.63) is 53.0 Å². The van der Waals surface area contributed by atoms with E-state index < -0.39 is 13.9 Å². The van der Waals surface area contributed by atoms with Crippen LogP contribution in [0.2, 0.25) is 18.1 Å². The molecule has 2 N–H and O–H groups in total. The molecule has 0 saturated carbocycles. The van der Waals surface area contributed by atoms with Crippen LogP contribution in [-0.2, 0) is 12.0 Å². The van der Waals surface area contributed by atoms with Gasteiger partial charge in [-0.15, -0.1) is 0 Å². The molecule has 162 valence electrons. The molecule has 1 aromatic carbocycles. The fourth-order valence-electron chi connectivity index (χ4n) is 4.42. The molecule has 1 aromatic heterocycles. The van der Waals surface area contributed by atoms with Crippen LogP contribution in [0, 0.1) is 11.7 Å². The first-order valence-corrected chi connectivity index (χ1v) is 13.4. The van der Waals surface area contributed by atoms with Crippen LogP contribution in [0.4, 0.5) is 4.39 Å². The van der Waals surface area contributed by atoms with Gasteiger partial charge in [0.15, 0.2) is 0 Å². The van der Waals surface area contributed by atoms with Crippen LogP contribution in [0.3, 0.4) is 0 Å². The summed E-state index contributed by atoms with van der Waals surface area (Å²) in [6.07, 6.45) is 2.35. The highest BCUT2D eigenvalue weighted by molar-refractivity contribution is 6.74. The van der Waals surface area contributed by atoms with Gasteiger partial charge in [-0.05, 0) is 42.2 Å². The molecule has 1 aliphatic heterocycles. The Morgan fingerprint density at radius 2 is 2.03 bits per heavy atom. The number of halogens is 1. The smallest absolute Gasteiger partial charge is 0.250 e. The lowest BCUT2D eigenvalue weighted by Crippen LogP contribution is -2.43. The Morgan fingerprint density at radius 1 is 1.30 bits per heavy atom. The number of rotatable bonds is 5.